The highest BCUT2D eigenvalue weighted by Crippen LogP contribution is 2.30. The first-order valence-electron chi connectivity index (χ1n) is 5.94. The summed E-state index contributed by atoms with van der Waals surface area (Å²) in [7, 11) is 0. The molecule has 0 amide bonds. The van der Waals surface area contributed by atoms with E-state index in [-0.39, 0.29) is 0 Å². The molecule has 17 heavy (non-hydrogen) atoms. The number of aryl methyl sites for hydroxylation is 1. The Balaban J connectivity index is 1.90. The van der Waals surface area contributed by atoms with Crippen molar-refractivity contribution in [2.24, 2.45) is 0 Å². The smallest absolute Gasteiger partial charge is 0.143 e. The minimum absolute atomic E-state index is 1.04. The second kappa shape index (κ2) is 6.77. The summed E-state index contributed by atoms with van der Waals surface area (Å²) in [4.78, 5) is 1.23. The van der Waals surface area contributed by atoms with E-state index < -0.39 is 0 Å². The highest BCUT2D eigenvalue weighted by atomic mass is 32.2. The third kappa shape index (κ3) is 4.13. The summed E-state index contributed by atoms with van der Waals surface area (Å²) in [6.07, 6.45) is 4.83. The molecule has 0 atom stereocenters. The van der Waals surface area contributed by atoms with Crippen molar-refractivity contribution in [3.63, 3.8) is 0 Å². The molecular weight excluding hydrogens is 248 g/mol. The Morgan fingerprint density at radius 1 is 1.12 bits per heavy atom. The van der Waals surface area contributed by atoms with Crippen LogP contribution in [0.25, 0.3) is 0 Å². The van der Waals surface area contributed by atoms with E-state index in [1.807, 2.05) is 18.2 Å². The molecule has 0 fully saturated rings. The Morgan fingerprint density at radius 3 is 2.71 bits per heavy atom. The van der Waals surface area contributed by atoms with Crippen LogP contribution in [0.3, 0.4) is 0 Å². The van der Waals surface area contributed by atoms with Gasteiger partial charge < -0.3 is 0 Å². The van der Waals surface area contributed by atoms with Gasteiger partial charge in [-0.15, -0.1) is 10.2 Å². The van der Waals surface area contributed by atoms with Gasteiger partial charge >= 0.3 is 0 Å². The van der Waals surface area contributed by atoms with Crippen molar-refractivity contribution in [3.8, 4) is 0 Å². The van der Waals surface area contributed by atoms with Crippen LogP contribution in [0.1, 0.15) is 31.2 Å². The summed E-state index contributed by atoms with van der Waals surface area (Å²) < 4.78 is 1.04. The molecule has 0 N–H and O–H groups in total. The molecular formula is C13H16N2S2. The summed E-state index contributed by atoms with van der Waals surface area (Å²) in [5.41, 5.74) is 0. The third-order valence-corrected chi connectivity index (χ3v) is 4.43. The van der Waals surface area contributed by atoms with Gasteiger partial charge in [0.2, 0.25) is 0 Å². The molecule has 0 saturated heterocycles. The van der Waals surface area contributed by atoms with Crippen LogP contribution in [0.4, 0.5) is 0 Å². The molecule has 1 heterocycles. The predicted octanol–water partition coefficient (Wildman–Crippen LogP) is 4.42. The standard InChI is InChI=1S/C13H16N2S2/c1-2-3-5-10-12-14-15-13(17-12)16-11-8-6-4-7-9-11/h4,6-9H,2-3,5,10H2,1H3. The van der Waals surface area contributed by atoms with Gasteiger partial charge in [-0.3, -0.25) is 0 Å². The Hall–Kier alpha value is -0.870. The molecule has 0 bridgehead atoms. The molecule has 0 spiro atoms. The van der Waals surface area contributed by atoms with Crippen LogP contribution in [0.15, 0.2) is 39.6 Å². The van der Waals surface area contributed by atoms with Crippen molar-refractivity contribution >= 4 is 23.1 Å². The van der Waals surface area contributed by atoms with Crippen LogP contribution in [0.5, 0.6) is 0 Å². The van der Waals surface area contributed by atoms with Crippen molar-refractivity contribution < 1.29 is 0 Å². The summed E-state index contributed by atoms with van der Waals surface area (Å²) in [5.74, 6) is 0. The van der Waals surface area contributed by atoms with E-state index >= 15 is 0 Å². The highest BCUT2D eigenvalue weighted by Gasteiger charge is 2.05. The van der Waals surface area contributed by atoms with Gasteiger partial charge in [0.05, 0.1) is 0 Å². The van der Waals surface area contributed by atoms with E-state index in [2.05, 4.69) is 29.3 Å². The average molecular weight is 264 g/mol. The van der Waals surface area contributed by atoms with Crippen LogP contribution >= 0.6 is 23.1 Å². The molecule has 0 radical (unpaired) electrons. The molecule has 0 aliphatic heterocycles. The average Bonchev–Trinajstić information content (AvgIpc) is 2.79. The van der Waals surface area contributed by atoms with Gasteiger partial charge in [-0.25, -0.2) is 0 Å². The first kappa shape index (κ1) is 12.6. The molecule has 0 aliphatic rings. The third-order valence-electron chi connectivity index (χ3n) is 2.39. The quantitative estimate of drug-likeness (QED) is 0.722. The molecule has 0 unspecified atom stereocenters. The lowest BCUT2D eigenvalue weighted by Gasteiger charge is -1.94. The lowest BCUT2D eigenvalue weighted by molar-refractivity contribution is 0.709. The fourth-order valence-corrected chi connectivity index (χ4v) is 3.43. The Labute approximate surface area is 110 Å². The predicted molar refractivity (Wildman–Crippen MR) is 73.7 cm³/mol. The van der Waals surface area contributed by atoms with Crippen LogP contribution in [-0.4, -0.2) is 10.2 Å². The normalized spacial score (nSPS) is 10.6. The Bertz CT molecular complexity index is 440. The minimum atomic E-state index is 1.04. The van der Waals surface area contributed by atoms with Gasteiger partial charge in [-0.1, -0.05) is 61.1 Å². The monoisotopic (exact) mass is 264 g/mol. The first-order valence-corrected chi connectivity index (χ1v) is 7.57. The first-order chi connectivity index (χ1) is 8.38. The molecule has 1 aromatic heterocycles. The van der Waals surface area contributed by atoms with Crippen molar-refractivity contribution in [2.45, 2.75) is 41.8 Å². The summed E-state index contributed by atoms with van der Waals surface area (Å²) in [5, 5.41) is 9.62. The molecule has 0 saturated carbocycles. The SMILES string of the molecule is CCCCCc1nnc(Sc2ccccc2)s1. The van der Waals surface area contributed by atoms with E-state index in [1.165, 1.54) is 24.2 Å². The number of aromatic nitrogens is 2. The van der Waals surface area contributed by atoms with Crippen LogP contribution < -0.4 is 0 Å². The molecule has 2 aromatic rings. The van der Waals surface area contributed by atoms with Gasteiger partial charge in [0.1, 0.15) is 5.01 Å². The van der Waals surface area contributed by atoms with Gasteiger partial charge in [0, 0.05) is 11.3 Å². The lowest BCUT2D eigenvalue weighted by atomic mass is 10.2. The number of benzene rings is 1. The van der Waals surface area contributed by atoms with Crippen LogP contribution in [0.2, 0.25) is 0 Å². The maximum atomic E-state index is 4.23. The van der Waals surface area contributed by atoms with Crippen molar-refractivity contribution in [1.29, 1.82) is 0 Å². The van der Waals surface area contributed by atoms with Crippen LogP contribution in [-0.2, 0) is 6.42 Å². The zero-order chi connectivity index (χ0) is 11.9. The largest absolute Gasteiger partial charge is 0.179 e. The van der Waals surface area contributed by atoms with Crippen molar-refractivity contribution in [2.75, 3.05) is 0 Å². The van der Waals surface area contributed by atoms with E-state index in [0.29, 0.717) is 0 Å². The highest BCUT2D eigenvalue weighted by molar-refractivity contribution is 8.01. The van der Waals surface area contributed by atoms with Crippen LogP contribution in [0, 0.1) is 0 Å². The summed E-state index contributed by atoms with van der Waals surface area (Å²) in [6, 6.07) is 10.3. The summed E-state index contributed by atoms with van der Waals surface area (Å²) in [6.45, 7) is 2.22. The fourth-order valence-electron chi connectivity index (χ4n) is 1.50. The number of hydrogen-bond donors (Lipinski definition) is 0. The number of rotatable bonds is 6. The molecule has 0 aliphatic carbocycles. The zero-order valence-corrected chi connectivity index (χ0v) is 11.6. The van der Waals surface area contributed by atoms with Gasteiger partial charge in [-0.05, 0) is 18.6 Å². The topological polar surface area (TPSA) is 25.8 Å². The van der Waals surface area contributed by atoms with Gasteiger partial charge in [0.15, 0.2) is 4.34 Å². The molecule has 2 nitrogen and oxygen atoms in total. The molecule has 90 valence electrons. The van der Waals surface area contributed by atoms with Crippen molar-refractivity contribution in [1.82, 2.24) is 10.2 Å². The second-order valence-electron chi connectivity index (χ2n) is 3.83. The summed E-state index contributed by atoms with van der Waals surface area (Å²) >= 11 is 3.41. The molecule has 4 heteroatoms. The number of hydrogen-bond acceptors (Lipinski definition) is 4. The van der Waals surface area contributed by atoms with E-state index in [0.717, 1.165) is 15.8 Å². The maximum absolute atomic E-state index is 4.23. The van der Waals surface area contributed by atoms with Gasteiger partial charge in [0.25, 0.3) is 0 Å². The molecule has 2 rings (SSSR count). The Kier molecular flexibility index (Phi) is 5.01. The maximum Gasteiger partial charge on any atom is 0.179 e. The minimum Gasteiger partial charge on any atom is -0.143 e. The van der Waals surface area contributed by atoms with Crippen molar-refractivity contribution in [3.05, 3.63) is 35.3 Å². The number of unbranched alkanes of at least 4 members (excludes halogenated alkanes) is 2. The van der Waals surface area contributed by atoms with E-state index in [1.54, 1.807) is 23.1 Å². The Morgan fingerprint density at radius 2 is 1.94 bits per heavy atom. The second-order valence-corrected chi connectivity index (χ2v) is 6.22. The van der Waals surface area contributed by atoms with Gasteiger partial charge in [-0.2, -0.15) is 0 Å². The lowest BCUT2D eigenvalue weighted by Crippen LogP contribution is -1.83. The number of nitrogens with zero attached hydrogens (tertiary/aromatic N) is 2. The van der Waals surface area contributed by atoms with E-state index in [9.17, 15) is 0 Å². The van der Waals surface area contributed by atoms with E-state index in [4.69, 9.17) is 0 Å². The molecule has 1 aromatic carbocycles. The zero-order valence-electron chi connectivity index (χ0n) is 9.93. The fraction of sp³-hybridized carbons (Fsp3) is 0.385.